The molecule has 8 heavy (non-hydrogen) atoms. The van der Waals surface area contributed by atoms with Gasteiger partial charge < -0.3 is 5.11 Å². The fourth-order valence-corrected chi connectivity index (χ4v) is 0.534. The average Bonchev–Trinajstić information content (AvgIpc) is 1.77. The third-order valence-electron chi connectivity index (χ3n) is 0.785. The van der Waals surface area contributed by atoms with E-state index in [2.05, 4.69) is 6.07 Å². The number of rotatable bonds is 0. The van der Waals surface area contributed by atoms with Crippen molar-refractivity contribution in [1.82, 2.24) is 0 Å². The molecule has 0 atom stereocenters. The van der Waals surface area contributed by atoms with E-state index in [4.69, 9.17) is 16.7 Å². The summed E-state index contributed by atoms with van der Waals surface area (Å²) in [5, 5.41) is 9.03. The zero-order valence-corrected chi connectivity index (χ0v) is 4.81. The third-order valence-corrected chi connectivity index (χ3v) is 1.09. The molecule has 0 spiro atoms. The molecule has 0 fully saturated rings. The highest BCUT2D eigenvalue weighted by Gasteiger charge is 1.90. The standard InChI is InChI=1S/C6H4ClO/c7-5-3-1-2-4-6(5)8/h1-2,4,8H. The van der Waals surface area contributed by atoms with E-state index in [-0.39, 0.29) is 10.8 Å². The van der Waals surface area contributed by atoms with Gasteiger partial charge in [-0.1, -0.05) is 23.7 Å². The van der Waals surface area contributed by atoms with E-state index < -0.39 is 0 Å². The Balaban J connectivity index is 3.13. The summed E-state index contributed by atoms with van der Waals surface area (Å²) in [7, 11) is 0. The first kappa shape index (κ1) is 5.45. The van der Waals surface area contributed by atoms with Gasteiger partial charge >= 0.3 is 0 Å². The second-order valence-electron chi connectivity index (χ2n) is 1.37. The Morgan fingerprint density at radius 3 is 2.75 bits per heavy atom. The molecule has 0 aromatic heterocycles. The smallest absolute Gasteiger partial charge is 0.134 e. The molecule has 1 rings (SSSR count). The number of aromatic hydroxyl groups is 1. The molecule has 1 N–H and O–H groups in total. The number of hydrogen-bond donors (Lipinski definition) is 1. The van der Waals surface area contributed by atoms with E-state index in [0.717, 1.165) is 0 Å². The minimum atomic E-state index is 0.0779. The number of benzene rings is 1. The van der Waals surface area contributed by atoms with E-state index in [1.807, 2.05) is 0 Å². The Bertz CT molecular complexity index is 165. The molecule has 0 heterocycles. The van der Waals surface area contributed by atoms with Crippen LogP contribution >= 0.6 is 11.6 Å². The van der Waals surface area contributed by atoms with Crippen LogP contribution in [0.4, 0.5) is 0 Å². The van der Waals surface area contributed by atoms with Crippen LogP contribution in [0, 0.1) is 6.07 Å². The number of phenolic OH excluding ortho intramolecular Hbond substituents is 1. The number of halogens is 1. The predicted molar refractivity (Wildman–Crippen MR) is 32.0 cm³/mol. The molecule has 0 saturated carbocycles. The first-order valence-electron chi connectivity index (χ1n) is 2.16. The van der Waals surface area contributed by atoms with E-state index in [9.17, 15) is 0 Å². The molecule has 0 aliphatic carbocycles. The molecule has 0 aliphatic heterocycles. The van der Waals surface area contributed by atoms with Crippen molar-refractivity contribution in [1.29, 1.82) is 0 Å². The van der Waals surface area contributed by atoms with Crippen LogP contribution in [0.2, 0.25) is 5.02 Å². The van der Waals surface area contributed by atoms with Crippen LogP contribution in [-0.2, 0) is 0 Å². The van der Waals surface area contributed by atoms with Crippen molar-refractivity contribution in [3.8, 4) is 5.75 Å². The van der Waals surface area contributed by atoms with Crippen LogP contribution in [0.1, 0.15) is 0 Å². The van der Waals surface area contributed by atoms with Crippen molar-refractivity contribution in [3.05, 3.63) is 29.3 Å². The Kier molecular flexibility index (Phi) is 1.40. The van der Waals surface area contributed by atoms with Crippen molar-refractivity contribution in [2.45, 2.75) is 0 Å². The van der Waals surface area contributed by atoms with Crippen LogP contribution in [0.25, 0.3) is 0 Å². The molecule has 1 aromatic rings. The van der Waals surface area contributed by atoms with Crippen LogP contribution in [0.5, 0.6) is 5.75 Å². The lowest BCUT2D eigenvalue weighted by Crippen LogP contribution is -1.63. The lowest BCUT2D eigenvalue weighted by atomic mass is 10.3. The van der Waals surface area contributed by atoms with E-state index in [0.29, 0.717) is 0 Å². The van der Waals surface area contributed by atoms with E-state index >= 15 is 0 Å². The Hall–Kier alpha value is -0.690. The van der Waals surface area contributed by atoms with Crippen LogP contribution in [0.15, 0.2) is 18.2 Å². The lowest BCUT2D eigenvalue weighted by Gasteiger charge is -1.89. The van der Waals surface area contributed by atoms with Gasteiger partial charge in [0.15, 0.2) is 0 Å². The maximum Gasteiger partial charge on any atom is 0.134 e. The van der Waals surface area contributed by atoms with Gasteiger partial charge in [-0.05, 0) is 6.07 Å². The normalized spacial score (nSPS) is 9.12. The summed E-state index contributed by atoms with van der Waals surface area (Å²) in [6.07, 6.45) is 0. The van der Waals surface area contributed by atoms with Crippen molar-refractivity contribution in [2.24, 2.45) is 0 Å². The van der Waals surface area contributed by atoms with Gasteiger partial charge in [-0.2, -0.15) is 0 Å². The predicted octanol–water partition coefficient (Wildman–Crippen LogP) is 1.85. The monoisotopic (exact) mass is 127 g/mol. The van der Waals surface area contributed by atoms with Gasteiger partial charge in [-0.3, -0.25) is 0 Å². The first-order valence-corrected chi connectivity index (χ1v) is 2.53. The highest BCUT2D eigenvalue weighted by Crippen LogP contribution is 2.19. The topological polar surface area (TPSA) is 20.2 Å². The van der Waals surface area contributed by atoms with Gasteiger partial charge in [0.1, 0.15) is 5.75 Å². The summed E-state index contributed by atoms with van der Waals surface area (Å²) in [6, 6.07) is 7.44. The van der Waals surface area contributed by atoms with E-state index in [1.165, 1.54) is 6.07 Å². The minimum Gasteiger partial charge on any atom is -0.506 e. The molecular weight excluding hydrogens is 124 g/mol. The quantitative estimate of drug-likeness (QED) is 0.564. The first-order chi connectivity index (χ1) is 3.80. The summed E-state index contributed by atoms with van der Waals surface area (Å²) in [6.45, 7) is 0. The van der Waals surface area contributed by atoms with Gasteiger partial charge in [0.2, 0.25) is 0 Å². The maximum atomic E-state index is 8.76. The Labute approximate surface area is 52.5 Å². The second kappa shape index (κ2) is 2.05. The fourth-order valence-electron chi connectivity index (χ4n) is 0.408. The van der Waals surface area contributed by atoms with Crippen molar-refractivity contribution < 1.29 is 5.11 Å². The molecule has 1 radical (unpaired) electrons. The van der Waals surface area contributed by atoms with Gasteiger partial charge in [-0.25, -0.2) is 0 Å². The molecule has 1 nitrogen and oxygen atoms in total. The second-order valence-corrected chi connectivity index (χ2v) is 1.75. The van der Waals surface area contributed by atoms with Gasteiger partial charge in [-0.15, -0.1) is 0 Å². The van der Waals surface area contributed by atoms with Gasteiger partial charge in [0.05, 0.1) is 5.02 Å². The zero-order chi connectivity index (χ0) is 5.98. The highest BCUT2D eigenvalue weighted by atomic mass is 35.5. The molecule has 2 heteroatoms. The molecule has 0 bridgehead atoms. The lowest BCUT2D eigenvalue weighted by molar-refractivity contribution is 0.475. The molecule has 0 saturated heterocycles. The summed E-state index contributed by atoms with van der Waals surface area (Å²) in [5.74, 6) is 0.0779. The largest absolute Gasteiger partial charge is 0.506 e. The molecule has 1 aromatic carbocycles. The molecule has 41 valence electrons. The minimum absolute atomic E-state index is 0.0779. The van der Waals surface area contributed by atoms with Crippen molar-refractivity contribution in [3.63, 3.8) is 0 Å². The molecule has 0 amide bonds. The summed E-state index contributed by atoms with van der Waals surface area (Å²) >= 11 is 5.40. The van der Waals surface area contributed by atoms with Gasteiger partial charge in [0, 0.05) is 6.07 Å². The third kappa shape index (κ3) is 0.928. The highest BCUT2D eigenvalue weighted by molar-refractivity contribution is 6.31. The number of phenols is 1. The SMILES string of the molecule is Oc1ccc[c]c1Cl. The van der Waals surface area contributed by atoms with Crippen molar-refractivity contribution in [2.75, 3.05) is 0 Å². The number of hydrogen-bond acceptors (Lipinski definition) is 1. The van der Waals surface area contributed by atoms with Crippen LogP contribution in [-0.4, -0.2) is 5.11 Å². The molecule has 0 aliphatic rings. The van der Waals surface area contributed by atoms with Crippen LogP contribution in [0.3, 0.4) is 0 Å². The molecular formula is C6H4ClO. The summed E-state index contributed by atoms with van der Waals surface area (Å²) < 4.78 is 0. The maximum absolute atomic E-state index is 8.76. The average molecular weight is 128 g/mol. The molecule has 0 unspecified atom stereocenters. The zero-order valence-electron chi connectivity index (χ0n) is 4.06. The van der Waals surface area contributed by atoms with Gasteiger partial charge in [0.25, 0.3) is 0 Å². The van der Waals surface area contributed by atoms with E-state index in [1.54, 1.807) is 12.1 Å². The summed E-state index contributed by atoms with van der Waals surface area (Å²) in [4.78, 5) is 0. The Morgan fingerprint density at radius 1 is 1.62 bits per heavy atom. The van der Waals surface area contributed by atoms with Crippen LogP contribution < -0.4 is 0 Å². The Morgan fingerprint density at radius 2 is 2.38 bits per heavy atom. The fraction of sp³-hybridized carbons (Fsp3) is 0. The van der Waals surface area contributed by atoms with Crippen molar-refractivity contribution >= 4 is 11.6 Å². The summed E-state index contributed by atoms with van der Waals surface area (Å²) in [5.41, 5.74) is 0.